The van der Waals surface area contributed by atoms with Crippen molar-refractivity contribution in [3.05, 3.63) is 59.0 Å². The lowest BCUT2D eigenvalue weighted by molar-refractivity contribution is 0.444. The van der Waals surface area contributed by atoms with Gasteiger partial charge in [-0.3, -0.25) is 0 Å². The van der Waals surface area contributed by atoms with Crippen LogP contribution >= 0.6 is 0 Å². The van der Waals surface area contributed by atoms with E-state index in [2.05, 4.69) is 36.5 Å². The molecule has 0 bridgehead atoms. The van der Waals surface area contributed by atoms with Crippen LogP contribution in [0.1, 0.15) is 28.7 Å². The number of benzene rings is 1. The van der Waals surface area contributed by atoms with Crippen LogP contribution in [0.4, 0.5) is 0 Å². The first-order chi connectivity index (χ1) is 7.70. The second-order valence-electron chi connectivity index (χ2n) is 4.08. The van der Waals surface area contributed by atoms with E-state index in [4.69, 9.17) is 4.42 Å². The fourth-order valence-electron chi connectivity index (χ4n) is 1.93. The van der Waals surface area contributed by atoms with E-state index in [0.717, 1.165) is 11.5 Å². The molecule has 0 aliphatic carbocycles. The van der Waals surface area contributed by atoms with Gasteiger partial charge >= 0.3 is 0 Å². The van der Waals surface area contributed by atoms with Crippen LogP contribution < -0.4 is 5.32 Å². The van der Waals surface area contributed by atoms with E-state index < -0.39 is 0 Å². The van der Waals surface area contributed by atoms with E-state index >= 15 is 0 Å². The molecule has 2 rings (SSSR count). The molecule has 84 valence electrons. The molecule has 0 spiro atoms. The maximum atomic E-state index is 5.67. The lowest BCUT2D eigenvalue weighted by Gasteiger charge is -2.14. The van der Waals surface area contributed by atoms with Crippen molar-refractivity contribution in [2.45, 2.75) is 19.9 Å². The van der Waals surface area contributed by atoms with Gasteiger partial charge in [-0.1, -0.05) is 29.8 Å². The predicted octanol–water partition coefficient (Wildman–Crippen LogP) is 3.21. The highest BCUT2D eigenvalue weighted by molar-refractivity contribution is 5.30. The van der Waals surface area contributed by atoms with Crippen LogP contribution in [0, 0.1) is 13.8 Å². The summed E-state index contributed by atoms with van der Waals surface area (Å²) in [5.74, 6) is 1.91. The molecule has 0 aliphatic heterocycles. The molecule has 1 N–H and O–H groups in total. The summed E-state index contributed by atoms with van der Waals surface area (Å²) in [6, 6.07) is 12.6. The Labute approximate surface area is 96.3 Å². The molecule has 0 aliphatic rings. The minimum atomic E-state index is 0.133. The molecule has 2 nitrogen and oxygen atoms in total. The van der Waals surface area contributed by atoms with Gasteiger partial charge in [-0.05, 0) is 38.6 Å². The number of nitrogens with one attached hydrogen (secondary N) is 1. The second kappa shape index (κ2) is 4.54. The van der Waals surface area contributed by atoms with Gasteiger partial charge in [-0.25, -0.2) is 0 Å². The van der Waals surface area contributed by atoms with Crippen molar-refractivity contribution in [3.8, 4) is 0 Å². The van der Waals surface area contributed by atoms with Crippen molar-refractivity contribution in [1.29, 1.82) is 0 Å². The van der Waals surface area contributed by atoms with E-state index in [0.29, 0.717) is 0 Å². The Kier molecular flexibility index (Phi) is 3.11. The maximum absolute atomic E-state index is 5.67. The Morgan fingerprint density at radius 1 is 1.12 bits per heavy atom. The third kappa shape index (κ3) is 2.17. The number of rotatable bonds is 3. The Balaban J connectivity index is 2.36. The van der Waals surface area contributed by atoms with E-state index in [-0.39, 0.29) is 6.04 Å². The molecule has 2 heteroatoms. The molecule has 16 heavy (non-hydrogen) atoms. The number of aryl methyl sites for hydroxylation is 2. The highest BCUT2D eigenvalue weighted by Crippen LogP contribution is 2.23. The second-order valence-corrected chi connectivity index (χ2v) is 4.08. The quantitative estimate of drug-likeness (QED) is 0.850. The topological polar surface area (TPSA) is 25.2 Å². The largest absolute Gasteiger partial charge is 0.464 e. The van der Waals surface area contributed by atoms with Crippen molar-refractivity contribution >= 4 is 0 Å². The van der Waals surface area contributed by atoms with Crippen molar-refractivity contribution in [3.63, 3.8) is 0 Å². The number of furan rings is 1. The van der Waals surface area contributed by atoms with Crippen LogP contribution in [-0.4, -0.2) is 7.05 Å². The van der Waals surface area contributed by atoms with E-state index in [9.17, 15) is 0 Å². The molecular formula is C14H17NO. The molecule has 1 heterocycles. The third-order valence-electron chi connectivity index (χ3n) is 2.71. The smallest absolute Gasteiger partial charge is 0.125 e. The molecule has 2 aromatic rings. The molecule has 1 unspecified atom stereocenters. The first-order valence-electron chi connectivity index (χ1n) is 5.51. The van der Waals surface area contributed by atoms with Crippen molar-refractivity contribution in [1.82, 2.24) is 5.32 Å². The Morgan fingerprint density at radius 2 is 1.94 bits per heavy atom. The molecule has 0 amide bonds. The zero-order valence-electron chi connectivity index (χ0n) is 9.95. The van der Waals surface area contributed by atoms with Gasteiger partial charge in [0.1, 0.15) is 11.5 Å². The normalized spacial score (nSPS) is 12.7. The van der Waals surface area contributed by atoms with Gasteiger partial charge in [0.25, 0.3) is 0 Å². The van der Waals surface area contributed by atoms with Crippen LogP contribution in [0.5, 0.6) is 0 Å². The summed E-state index contributed by atoms with van der Waals surface area (Å²) in [5.41, 5.74) is 2.50. The number of hydrogen-bond acceptors (Lipinski definition) is 2. The summed E-state index contributed by atoms with van der Waals surface area (Å²) in [6.45, 7) is 4.07. The van der Waals surface area contributed by atoms with Gasteiger partial charge in [0.2, 0.25) is 0 Å². The highest BCUT2D eigenvalue weighted by atomic mass is 16.3. The first-order valence-corrected chi connectivity index (χ1v) is 5.51. The molecule has 1 aromatic carbocycles. The van der Waals surface area contributed by atoms with Crippen molar-refractivity contribution < 1.29 is 4.42 Å². The Bertz CT molecular complexity index is 473. The third-order valence-corrected chi connectivity index (χ3v) is 2.71. The van der Waals surface area contributed by atoms with Crippen LogP contribution in [0.25, 0.3) is 0 Å². The Hall–Kier alpha value is -1.54. The summed E-state index contributed by atoms with van der Waals surface area (Å²) < 4.78 is 5.67. The summed E-state index contributed by atoms with van der Waals surface area (Å²) in [4.78, 5) is 0. The SMILES string of the molecule is CNC(c1cccc(C)c1)c1ccc(C)o1. The molecular weight excluding hydrogens is 198 g/mol. The van der Waals surface area contributed by atoms with E-state index in [1.54, 1.807) is 0 Å². The number of hydrogen-bond donors (Lipinski definition) is 1. The molecule has 0 saturated carbocycles. The molecule has 0 saturated heterocycles. The van der Waals surface area contributed by atoms with Crippen LogP contribution in [0.3, 0.4) is 0 Å². The minimum Gasteiger partial charge on any atom is -0.464 e. The molecule has 0 radical (unpaired) electrons. The van der Waals surface area contributed by atoms with Crippen molar-refractivity contribution in [2.24, 2.45) is 0 Å². The average molecular weight is 215 g/mol. The van der Waals surface area contributed by atoms with Gasteiger partial charge in [0, 0.05) is 0 Å². The van der Waals surface area contributed by atoms with Crippen molar-refractivity contribution in [2.75, 3.05) is 7.05 Å². The first kappa shape index (κ1) is 11.0. The Morgan fingerprint density at radius 3 is 2.50 bits per heavy atom. The average Bonchev–Trinajstić information content (AvgIpc) is 2.66. The van der Waals surface area contributed by atoms with Crippen LogP contribution in [0.2, 0.25) is 0 Å². The lowest BCUT2D eigenvalue weighted by Crippen LogP contribution is -2.17. The van der Waals surface area contributed by atoms with Gasteiger partial charge in [-0.15, -0.1) is 0 Å². The van der Waals surface area contributed by atoms with Gasteiger partial charge in [0.15, 0.2) is 0 Å². The van der Waals surface area contributed by atoms with E-state index in [1.165, 1.54) is 11.1 Å². The summed E-state index contributed by atoms with van der Waals surface area (Å²) in [6.07, 6.45) is 0. The lowest BCUT2D eigenvalue weighted by atomic mass is 10.0. The highest BCUT2D eigenvalue weighted by Gasteiger charge is 2.15. The summed E-state index contributed by atoms with van der Waals surface area (Å²) >= 11 is 0. The molecule has 1 aromatic heterocycles. The standard InChI is InChI=1S/C14H17NO/c1-10-5-4-6-12(9-10)14(15-3)13-8-7-11(2)16-13/h4-9,14-15H,1-3H3. The zero-order chi connectivity index (χ0) is 11.5. The fraction of sp³-hybridized carbons (Fsp3) is 0.286. The fourth-order valence-corrected chi connectivity index (χ4v) is 1.93. The van der Waals surface area contributed by atoms with Crippen LogP contribution in [0.15, 0.2) is 40.8 Å². The molecule has 1 atom stereocenters. The molecule has 0 fully saturated rings. The van der Waals surface area contributed by atoms with Gasteiger partial charge < -0.3 is 9.73 Å². The monoisotopic (exact) mass is 215 g/mol. The van der Waals surface area contributed by atoms with E-state index in [1.807, 2.05) is 26.1 Å². The summed E-state index contributed by atoms with van der Waals surface area (Å²) in [7, 11) is 1.95. The zero-order valence-corrected chi connectivity index (χ0v) is 9.95. The summed E-state index contributed by atoms with van der Waals surface area (Å²) in [5, 5.41) is 3.28. The van der Waals surface area contributed by atoms with Gasteiger partial charge in [-0.2, -0.15) is 0 Å². The van der Waals surface area contributed by atoms with Gasteiger partial charge in [0.05, 0.1) is 6.04 Å². The minimum absolute atomic E-state index is 0.133. The predicted molar refractivity (Wildman–Crippen MR) is 65.5 cm³/mol. The van der Waals surface area contributed by atoms with Crippen LogP contribution in [-0.2, 0) is 0 Å². The maximum Gasteiger partial charge on any atom is 0.125 e.